The van der Waals surface area contributed by atoms with Gasteiger partial charge in [0.15, 0.2) is 17.0 Å². The van der Waals surface area contributed by atoms with Crippen LogP contribution in [0.15, 0.2) is 49.1 Å². The first-order valence-electron chi connectivity index (χ1n) is 13.4. The van der Waals surface area contributed by atoms with Crippen LogP contribution in [0.1, 0.15) is 43.0 Å². The molecule has 200 valence electrons. The summed E-state index contributed by atoms with van der Waals surface area (Å²) in [5, 5.41) is 30.0. The van der Waals surface area contributed by atoms with Crippen LogP contribution >= 0.6 is 0 Å². The highest BCUT2D eigenvalue weighted by molar-refractivity contribution is 5.84. The predicted octanol–water partition coefficient (Wildman–Crippen LogP) is 1.69. The fraction of sp³-hybridized carbons (Fsp3) is 0.481. The molecule has 2 aliphatic rings. The van der Waals surface area contributed by atoms with Crippen molar-refractivity contribution in [3.63, 3.8) is 0 Å². The van der Waals surface area contributed by atoms with E-state index in [-0.39, 0.29) is 12.1 Å². The van der Waals surface area contributed by atoms with Gasteiger partial charge in [-0.1, -0.05) is 37.3 Å². The lowest BCUT2D eigenvalue weighted by Crippen LogP contribution is -2.30. The average Bonchev–Trinajstić information content (AvgIpc) is 3.72. The maximum atomic E-state index is 11.1. The molecule has 6 rings (SSSR count). The number of hydrogen-bond acceptors (Lipinski definition) is 9. The Morgan fingerprint density at radius 2 is 1.89 bits per heavy atom. The molecule has 0 bridgehead atoms. The quantitative estimate of drug-likeness (QED) is 0.274. The van der Waals surface area contributed by atoms with Gasteiger partial charge in [-0.2, -0.15) is 15.1 Å². The van der Waals surface area contributed by atoms with Crippen LogP contribution < -0.4 is 16.0 Å². The fourth-order valence-corrected chi connectivity index (χ4v) is 5.62. The Labute approximate surface area is 221 Å². The van der Waals surface area contributed by atoms with E-state index in [9.17, 15) is 10.2 Å². The zero-order valence-electron chi connectivity index (χ0n) is 21.6. The molecule has 1 aliphatic carbocycles. The average molecular weight is 518 g/mol. The number of hydrogen-bond donors (Lipinski definition) is 4. The van der Waals surface area contributed by atoms with Gasteiger partial charge in [0.25, 0.3) is 0 Å². The van der Waals surface area contributed by atoms with E-state index < -0.39 is 18.2 Å². The Kier molecular flexibility index (Phi) is 6.73. The molecule has 1 saturated heterocycles. The second kappa shape index (κ2) is 10.3. The number of aliphatic hydroxyl groups excluding tert-OH is 2. The molecule has 1 aromatic carbocycles. The highest BCUT2D eigenvalue weighted by Gasteiger charge is 2.44. The Hall–Kier alpha value is -3.54. The lowest BCUT2D eigenvalue weighted by molar-refractivity contribution is 0.00721. The molecule has 11 nitrogen and oxygen atoms in total. The van der Waals surface area contributed by atoms with E-state index >= 15 is 0 Å². The zero-order chi connectivity index (χ0) is 26.2. The van der Waals surface area contributed by atoms with Gasteiger partial charge >= 0.3 is 0 Å². The number of benzene rings is 1. The molecular formula is C27H35N9O2. The maximum absolute atomic E-state index is 11.1. The number of imidazole rings is 1. The van der Waals surface area contributed by atoms with Gasteiger partial charge in [0.1, 0.15) is 12.2 Å². The normalized spacial score (nSPS) is 25.5. The van der Waals surface area contributed by atoms with E-state index in [1.54, 1.807) is 11.0 Å². The number of rotatable bonds is 8. The Bertz CT molecular complexity index is 1390. The molecule has 4 heterocycles. The summed E-state index contributed by atoms with van der Waals surface area (Å²) in [5.74, 6) is 1.25. The topological polar surface area (TPSA) is 143 Å². The smallest absolute Gasteiger partial charge is 0.229 e. The standard InChI is InChI=1S/C27H35N9O2/c1-2-17-13-31-36(14-17)21-12-20(23(37)24(21)38)35-16-30-22-25(29-10-8-18-6-4-3-5-7-18)32-27(33-26(22)35)34-11-9-19(28)15-34/h3-7,13-14,16,19-21,23-24,37-38H,2,8-12,15,28H2,1H3,(H,29,32,33)/t19-,20+,21-,23-,24+/m0/s1. The van der Waals surface area contributed by atoms with Gasteiger partial charge in [-0.25, -0.2) is 4.98 Å². The van der Waals surface area contributed by atoms with Crippen LogP contribution in [-0.4, -0.2) is 77.4 Å². The third-order valence-corrected chi connectivity index (χ3v) is 7.85. The SMILES string of the molecule is CCc1cnn([C@H]2C[C@@H](n3cnc4c(NCCc5ccccc5)nc(N5CC[C@H](N)C5)nc43)[C@H](O)[C@@H]2O)c1. The molecule has 11 heteroatoms. The number of anilines is 2. The van der Waals surface area contributed by atoms with Crippen LogP contribution in [0.4, 0.5) is 11.8 Å². The lowest BCUT2D eigenvalue weighted by atomic mass is 10.1. The second-order valence-corrected chi connectivity index (χ2v) is 10.4. The lowest BCUT2D eigenvalue weighted by Gasteiger charge is -2.20. The summed E-state index contributed by atoms with van der Waals surface area (Å²) in [7, 11) is 0. The summed E-state index contributed by atoms with van der Waals surface area (Å²) in [5.41, 5.74) is 9.78. The summed E-state index contributed by atoms with van der Waals surface area (Å²) in [6.45, 7) is 4.23. The summed E-state index contributed by atoms with van der Waals surface area (Å²) in [4.78, 5) is 16.5. The number of nitrogens with two attached hydrogens (primary N) is 1. The minimum atomic E-state index is -0.986. The van der Waals surface area contributed by atoms with Crippen molar-refractivity contribution in [2.45, 2.75) is 62.9 Å². The molecule has 2 fully saturated rings. The number of nitrogens with zero attached hydrogens (tertiary/aromatic N) is 7. The maximum Gasteiger partial charge on any atom is 0.229 e. The summed E-state index contributed by atoms with van der Waals surface area (Å²) in [6, 6.07) is 9.64. The molecule has 5 atom stereocenters. The first kappa shape index (κ1) is 24.8. The van der Waals surface area contributed by atoms with E-state index in [2.05, 4.69) is 39.4 Å². The van der Waals surface area contributed by atoms with Gasteiger partial charge in [-0.05, 0) is 36.8 Å². The fourth-order valence-electron chi connectivity index (χ4n) is 5.62. The Morgan fingerprint density at radius 3 is 2.63 bits per heavy atom. The van der Waals surface area contributed by atoms with Crippen LogP contribution in [0.3, 0.4) is 0 Å². The summed E-state index contributed by atoms with van der Waals surface area (Å²) >= 11 is 0. The van der Waals surface area contributed by atoms with Crippen molar-refractivity contribution in [2.75, 3.05) is 29.9 Å². The van der Waals surface area contributed by atoms with Crippen molar-refractivity contribution in [2.24, 2.45) is 5.73 Å². The first-order chi connectivity index (χ1) is 18.5. The van der Waals surface area contributed by atoms with E-state index in [0.717, 1.165) is 31.4 Å². The molecule has 3 aromatic heterocycles. The molecular weight excluding hydrogens is 482 g/mol. The minimum Gasteiger partial charge on any atom is -0.388 e. The van der Waals surface area contributed by atoms with Crippen molar-refractivity contribution in [3.8, 4) is 0 Å². The molecule has 1 aliphatic heterocycles. The molecule has 0 unspecified atom stereocenters. The first-order valence-corrected chi connectivity index (χ1v) is 13.4. The number of nitrogens with one attached hydrogen (secondary N) is 1. The molecule has 0 amide bonds. The minimum absolute atomic E-state index is 0.0864. The molecule has 4 aromatic rings. The summed E-state index contributed by atoms with van der Waals surface area (Å²) < 4.78 is 3.66. The van der Waals surface area contributed by atoms with Crippen molar-refractivity contribution in [3.05, 3.63) is 60.2 Å². The van der Waals surface area contributed by atoms with E-state index in [1.807, 2.05) is 35.2 Å². The van der Waals surface area contributed by atoms with Crippen molar-refractivity contribution >= 4 is 22.9 Å². The molecule has 5 N–H and O–H groups in total. The van der Waals surface area contributed by atoms with Gasteiger partial charge < -0.3 is 30.7 Å². The van der Waals surface area contributed by atoms with Gasteiger partial charge in [0.05, 0.1) is 24.6 Å². The Balaban J connectivity index is 1.32. The van der Waals surface area contributed by atoms with Crippen LogP contribution in [0.2, 0.25) is 0 Å². The van der Waals surface area contributed by atoms with Gasteiger partial charge in [0.2, 0.25) is 5.95 Å². The van der Waals surface area contributed by atoms with Gasteiger partial charge in [0, 0.05) is 31.9 Å². The van der Waals surface area contributed by atoms with Crippen LogP contribution in [0.5, 0.6) is 0 Å². The van der Waals surface area contributed by atoms with Crippen LogP contribution in [0.25, 0.3) is 11.2 Å². The van der Waals surface area contributed by atoms with E-state index in [1.165, 1.54) is 5.56 Å². The van der Waals surface area contributed by atoms with Crippen LogP contribution in [0, 0.1) is 0 Å². The highest BCUT2D eigenvalue weighted by atomic mass is 16.3. The van der Waals surface area contributed by atoms with E-state index in [4.69, 9.17) is 15.7 Å². The van der Waals surface area contributed by atoms with Crippen molar-refractivity contribution in [1.82, 2.24) is 29.3 Å². The highest BCUT2D eigenvalue weighted by Crippen LogP contribution is 2.40. The molecule has 0 spiro atoms. The molecule has 38 heavy (non-hydrogen) atoms. The monoisotopic (exact) mass is 517 g/mol. The Morgan fingerprint density at radius 1 is 1.08 bits per heavy atom. The predicted molar refractivity (Wildman–Crippen MR) is 145 cm³/mol. The molecule has 1 saturated carbocycles. The molecule has 0 radical (unpaired) electrons. The second-order valence-electron chi connectivity index (χ2n) is 10.4. The third kappa shape index (κ3) is 4.61. The zero-order valence-corrected chi connectivity index (χ0v) is 21.6. The number of aliphatic hydroxyl groups is 2. The van der Waals surface area contributed by atoms with E-state index in [0.29, 0.717) is 42.4 Å². The van der Waals surface area contributed by atoms with Crippen molar-refractivity contribution < 1.29 is 10.2 Å². The van der Waals surface area contributed by atoms with Gasteiger partial charge in [-0.15, -0.1) is 0 Å². The number of aryl methyl sites for hydroxylation is 1. The van der Waals surface area contributed by atoms with Crippen LogP contribution in [-0.2, 0) is 12.8 Å². The van der Waals surface area contributed by atoms with Gasteiger partial charge in [-0.3, -0.25) is 4.68 Å². The third-order valence-electron chi connectivity index (χ3n) is 7.85. The number of fused-ring (bicyclic) bond motifs is 1. The van der Waals surface area contributed by atoms with Crippen molar-refractivity contribution in [1.29, 1.82) is 0 Å². The summed E-state index contributed by atoms with van der Waals surface area (Å²) in [6.07, 6.45) is 6.61. The number of aromatic nitrogens is 6. The largest absolute Gasteiger partial charge is 0.388 e.